The molecule has 1 rings (SSSR count). The molecule has 72 valence electrons. The van der Waals surface area contributed by atoms with E-state index in [1.165, 1.54) is 0 Å². The van der Waals surface area contributed by atoms with Gasteiger partial charge >= 0.3 is 0 Å². The van der Waals surface area contributed by atoms with Gasteiger partial charge in [-0.15, -0.1) is 11.6 Å². The summed E-state index contributed by atoms with van der Waals surface area (Å²) in [6.07, 6.45) is -0.347. The summed E-state index contributed by atoms with van der Waals surface area (Å²) in [4.78, 5) is 0. The average molecular weight is 266 g/mol. The predicted molar refractivity (Wildman–Crippen MR) is 56.4 cm³/mol. The minimum Gasteiger partial charge on any atom is -0.486 e. The van der Waals surface area contributed by atoms with Crippen LogP contribution >= 0.6 is 27.5 Å². The lowest BCUT2D eigenvalue weighted by atomic mass is 10.3. The maximum absolute atomic E-state index is 8.85. The van der Waals surface area contributed by atoms with Gasteiger partial charge in [0, 0.05) is 0 Å². The first kappa shape index (κ1) is 10.8. The molecule has 4 heteroatoms. The summed E-state index contributed by atoms with van der Waals surface area (Å²) in [7, 11) is 0. The molecule has 0 aliphatic rings. The Hall–Kier alpha value is -0.250. The van der Waals surface area contributed by atoms with E-state index in [-0.39, 0.29) is 18.6 Å². The second kappa shape index (κ2) is 5.47. The summed E-state index contributed by atoms with van der Waals surface area (Å²) in [5, 5.41) is 8.85. The Morgan fingerprint density at radius 3 is 2.69 bits per heavy atom. The summed E-state index contributed by atoms with van der Waals surface area (Å²) < 4.78 is 6.27. The Bertz CT molecular complexity index is 264. The van der Waals surface area contributed by atoms with E-state index >= 15 is 0 Å². The zero-order valence-corrected chi connectivity index (χ0v) is 9.25. The molecule has 0 unspecified atom stereocenters. The van der Waals surface area contributed by atoms with Gasteiger partial charge in [0.25, 0.3) is 0 Å². The van der Waals surface area contributed by atoms with Crippen molar-refractivity contribution in [1.82, 2.24) is 0 Å². The van der Waals surface area contributed by atoms with Crippen molar-refractivity contribution in [3.8, 4) is 5.75 Å². The number of para-hydroxylation sites is 1. The number of halogens is 2. The van der Waals surface area contributed by atoms with E-state index < -0.39 is 0 Å². The van der Waals surface area contributed by atoms with E-state index in [1.807, 2.05) is 24.3 Å². The Morgan fingerprint density at radius 2 is 2.15 bits per heavy atom. The molecule has 0 fully saturated rings. The molecular weight excluding hydrogens is 255 g/mol. The first-order valence-corrected chi connectivity index (χ1v) is 5.18. The lowest BCUT2D eigenvalue weighted by Gasteiger charge is -2.14. The number of benzene rings is 1. The molecule has 0 bridgehead atoms. The molecule has 0 spiro atoms. The molecule has 13 heavy (non-hydrogen) atoms. The van der Waals surface area contributed by atoms with Gasteiger partial charge < -0.3 is 9.84 Å². The van der Waals surface area contributed by atoms with Gasteiger partial charge in [0.2, 0.25) is 0 Å². The molecule has 1 N–H and O–H groups in total. The normalized spacial score (nSPS) is 12.5. The van der Waals surface area contributed by atoms with Gasteiger partial charge in [-0.3, -0.25) is 0 Å². The monoisotopic (exact) mass is 264 g/mol. The highest BCUT2D eigenvalue weighted by Crippen LogP contribution is 2.24. The van der Waals surface area contributed by atoms with Crippen LogP contribution in [-0.4, -0.2) is 23.7 Å². The minimum atomic E-state index is -0.347. The maximum atomic E-state index is 8.85. The van der Waals surface area contributed by atoms with Crippen molar-refractivity contribution in [3.63, 3.8) is 0 Å². The third kappa shape index (κ3) is 3.18. The lowest BCUT2D eigenvalue weighted by Crippen LogP contribution is -2.22. The van der Waals surface area contributed by atoms with Crippen molar-refractivity contribution in [2.75, 3.05) is 12.5 Å². The number of hydrogen-bond acceptors (Lipinski definition) is 2. The van der Waals surface area contributed by atoms with Crippen LogP contribution < -0.4 is 4.74 Å². The van der Waals surface area contributed by atoms with E-state index in [4.69, 9.17) is 21.4 Å². The number of alkyl halides is 1. The number of rotatable bonds is 4. The predicted octanol–water partition coefficient (Wildman–Crippen LogP) is 2.43. The standard InChI is InChI=1S/C9H10BrClO2/c10-8-3-1-2-4-9(8)13-7(5-11)6-12/h1-4,7,12H,5-6H2/t7-/m0/s1. The molecule has 1 aromatic carbocycles. The van der Waals surface area contributed by atoms with Crippen LogP contribution in [0.4, 0.5) is 0 Å². The fraction of sp³-hybridized carbons (Fsp3) is 0.333. The summed E-state index contributed by atoms with van der Waals surface area (Å²) >= 11 is 8.90. The fourth-order valence-electron chi connectivity index (χ4n) is 0.837. The van der Waals surface area contributed by atoms with Crippen LogP contribution in [0.2, 0.25) is 0 Å². The van der Waals surface area contributed by atoms with Crippen molar-refractivity contribution in [1.29, 1.82) is 0 Å². The quantitative estimate of drug-likeness (QED) is 0.847. The van der Waals surface area contributed by atoms with Gasteiger partial charge in [0.05, 0.1) is 17.0 Å². The van der Waals surface area contributed by atoms with Crippen LogP contribution in [0.25, 0.3) is 0 Å². The van der Waals surface area contributed by atoms with Crippen molar-refractivity contribution in [2.45, 2.75) is 6.10 Å². The number of hydrogen-bond donors (Lipinski definition) is 1. The van der Waals surface area contributed by atoms with Gasteiger partial charge in [-0.1, -0.05) is 12.1 Å². The number of aliphatic hydroxyl groups is 1. The molecule has 0 aromatic heterocycles. The highest BCUT2D eigenvalue weighted by Gasteiger charge is 2.08. The second-order valence-electron chi connectivity index (χ2n) is 2.51. The summed E-state index contributed by atoms with van der Waals surface area (Å²) in [5.74, 6) is 0.972. The zero-order valence-electron chi connectivity index (χ0n) is 6.91. The van der Waals surface area contributed by atoms with E-state index in [0.29, 0.717) is 5.75 Å². The summed E-state index contributed by atoms with van der Waals surface area (Å²) in [6, 6.07) is 7.45. The van der Waals surface area contributed by atoms with Crippen molar-refractivity contribution < 1.29 is 9.84 Å². The molecule has 1 aromatic rings. The van der Waals surface area contributed by atoms with Crippen molar-refractivity contribution in [2.24, 2.45) is 0 Å². The van der Waals surface area contributed by atoms with Crippen molar-refractivity contribution in [3.05, 3.63) is 28.7 Å². The van der Waals surface area contributed by atoms with Gasteiger partial charge in [0.15, 0.2) is 0 Å². The second-order valence-corrected chi connectivity index (χ2v) is 3.67. The highest BCUT2D eigenvalue weighted by molar-refractivity contribution is 9.10. The van der Waals surface area contributed by atoms with Crippen molar-refractivity contribution >= 4 is 27.5 Å². The lowest BCUT2D eigenvalue weighted by molar-refractivity contribution is 0.131. The van der Waals surface area contributed by atoms with E-state index in [9.17, 15) is 0 Å². The molecule has 0 saturated heterocycles. The van der Waals surface area contributed by atoms with Crippen LogP contribution in [0.1, 0.15) is 0 Å². The molecular formula is C9H10BrClO2. The SMILES string of the molecule is OC[C@H](CCl)Oc1ccccc1Br. The Morgan fingerprint density at radius 1 is 1.46 bits per heavy atom. The first-order chi connectivity index (χ1) is 6.27. The summed E-state index contributed by atoms with van der Waals surface area (Å²) in [6.45, 7) is -0.0785. The Kier molecular flexibility index (Phi) is 4.56. The van der Waals surface area contributed by atoms with Crippen LogP contribution in [0.5, 0.6) is 5.75 Å². The van der Waals surface area contributed by atoms with Crippen LogP contribution in [0.3, 0.4) is 0 Å². The molecule has 0 aliphatic heterocycles. The number of aliphatic hydroxyl groups excluding tert-OH is 1. The smallest absolute Gasteiger partial charge is 0.135 e. The van der Waals surface area contributed by atoms with Crippen LogP contribution in [0, 0.1) is 0 Å². The molecule has 0 amide bonds. The molecule has 0 radical (unpaired) electrons. The van der Waals surface area contributed by atoms with Gasteiger partial charge in [-0.2, -0.15) is 0 Å². The Labute approximate surface area is 90.6 Å². The molecule has 0 aliphatic carbocycles. The third-order valence-electron chi connectivity index (χ3n) is 1.51. The van der Waals surface area contributed by atoms with Gasteiger partial charge in [0.1, 0.15) is 11.9 Å². The highest BCUT2D eigenvalue weighted by atomic mass is 79.9. The van der Waals surface area contributed by atoms with E-state index in [0.717, 1.165) is 4.47 Å². The van der Waals surface area contributed by atoms with E-state index in [2.05, 4.69) is 15.9 Å². The fourth-order valence-corrected chi connectivity index (χ4v) is 1.38. The largest absolute Gasteiger partial charge is 0.486 e. The van der Waals surface area contributed by atoms with Crippen LogP contribution in [-0.2, 0) is 0 Å². The Balaban J connectivity index is 2.67. The maximum Gasteiger partial charge on any atom is 0.135 e. The zero-order chi connectivity index (χ0) is 9.68. The molecule has 0 saturated carbocycles. The minimum absolute atomic E-state index is 0.0785. The third-order valence-corrected chi connectivity index (χ3v) is 2.51. The molecule has 1 atom stereocenters. The number of ether oxygens (including phenoxy) is 1. The molecule has 0 heterocycles. The first-order valence-electron chi connectivity index (χ1n) is 3.86. The van der Waals surface area contributed by atoms with Crippen LogP contribution in [0.15, 0.2) is 28.7 Å². The van der Waals surface area contributed by atoms with Gasteiger partial charge in [-0.05, 0) is 28.1 Å². The van der Waals surface area contributed by atoms with E-state index in [1.54, 1.807) is 0 Å². The topological polar surface area (TPSA) is 29.5 Å². The van der Waals surface area contributed by atoms with Gasteiger partial charge in [-0.25, -0.2) is 0 Å². The average Bonchev–Trinajstić information content (AvgIpc) is 2.17. The molecule has 2 nitrogen and oxygen atoms in total. The summed E-state index contributed by atoms with van der Waals surface area (Å²) in [5.41, 5.74) is 0.